The Morgan fingerprint density at radius 3 is 2.47 bits per heavy atom. The van der Waals surface area contributed by atoms with Crippen molar-refractivity contribution in [2.24, 2.45) is 16.3 Å². The van der Waals surface area contributed by atoms with Crippen LogP contribution in [0.25, 0.3) is 0 Å². The first-order valence-corrected chi connectivity index (χ1v) is 6.73. The lowest BCUT2D eigenvalue weighted by Gasteiger charge is -2.35. The lowest BCUT2D eigenvalue weighted by molar-refractivity contribution is 0.0622. The number of nitrogens with zero attached hydrogens (tertiary/aromatic N) is 4. The van der Waals surface area contributed by atoms with Gasteiger partial charge in [-0.3, -0.25) is 0 Å². The van der Waals surface area contributed by atoms with Gasteiger partial charge in [-0.1, -0.05) is 23.4 Å². The molecular weight excluding hydrogens is 240 g/mol. The molecule has 0 bridgehead atoms. The number of aliphatic hydroxyl groups is 1. The zero-order valence-electron chi connectivity index (χ0n) is 11.6. The quantitative estimate of drug-likeness (QED) is 0.514. The number of anilines is 1. The third kappa shape index (κ3) is 3.52. The molecule has 0 radical (unpaired) electrons. The molecule has 2 rings (SSSR count). The lowest BCUT2D eigenvalue weighted by atomic mass is 9.95. The van der Waals surface area contributed by atoms with Crippen molar-refractivity contribution in [3.05, 3.63) is 30.3 Å². The number of aliphatic hydroxyl groups excluding tert-OH is 1. The largest absolute Gasteiger partial charge is 0.371 e. The van der Waals surface area contributed by atoms with E-state index in [9.17, 15) is 5.11 Å². The monoisotopic (exact) mass is 262 g/mol. The van der Waals surface area contributed by atoms with Crippen LogP contribution in [-0.4, -0.2) is 43.4 Å². The van der Waals surface area contributed by atoms with Crippen LogP contribution in [0.1, 0.15) is 12.8 Å². The summed E-state index contributed by atoms with van der Waals surface area (Å²) in [5, 5.41) is 20.1. The molecular formula is C14H22N4O. The molecule has 0 saturated carbocycles. The van der Waals surface area contributed by atoms with Gasteiger partial charge in [0, 0.05) is 5.92 Å². The average Bonchev–Trinajstić information content (AvgIpc) is 2.46. The first-order chi connectivity index (χ1) is 9.22. The molecule has 5 nitrogen and oxygen atoms in total. The summed E-state index contributed by atoms with van der Waals surface area (Å²) >= 11 is 0. The van der Waals surface area contributed by atoms with Crippen LogP contribution in [0.3, 0.4) is 0 Å². The van der Waals surface area contributed by atoms with E-state index in [1.165, 1.54) is 0 Å². The maximum absolute atomic E-state index is 10.6. The number of rotatable bonds is 4. The Morgan fingerprint density at radius 2 is 1.89 bits per heavy atom. The van der Waals surface area contributed by atoms with Crippen LogP contribution < -0.4 is 5.01 Å². The van der Waals surface area contributed by atoms with E-state index in [2.05, 4.69) is 22.3 Å². The Morgan fingerprint density at radius 1 is 1.26 bits per heavy atom. The van der Waals surface area contributed by atoms with Gasteiger partial charge in [-0.15, -0.1) is 0 Å². The van der Waals surface area contributed by atoms with Crippen molar-refractivity contribution in [3.63, 3.8) is 0 Å². The first-order valence-electron chi connectivity index (χ1n) is 6.73. The third-order valence-electron chi connectivity index (χ3n) is 3.64. The minimum Gasteiger partial charge on any atom is -0.371 e. The molecule has 0 aromatic heterocycles. The third-order valence-corrected chi connectivity index (χ3v) is 3.64. The van der Waals surface area contributed by atoms with Crippen LogP contribution in [-0.2, 0) is 0 Å². The summed E-state index contributed by atoms with van der Waals surface area (Å²) in [6.07, 6.45) is 1.36. The first kappa shape index (κ1) is 14.0. The van der Waals surface area contributed by atoms with Gasteiger partial charge < -0.3 is 10.0 Å². The van der Waals surface area contributed by atoms with Crippen molar-refractivity contribution >= 4 is 5.69 Å². The molecule has 1 aromatic carbocycles. The zero-order chi connectivity index (χ0) is 13.7. The van der Waals surface area contributed by atoms with Gasteiger partial charge in [0.05, 0.1) is 12.7 Å². The summed E-state index contributed by atoms with van der Waals surface area (Å²) in [4.78, 5) is 2.29. The maximum atomic E-state index is 10.6. The van der Waals surface area contributed by atoms with Crippen molar-refractivity contribution in [3.8, 4) is 0 Å². The minimum absolute atomic E-state index is 0.238. The fourth-order valence-electron chi connectivity index (χ4n) is 2.46. The number of hydrogen-bond acceptors (Lipinski definition) is 4. The predicted molar refractivity (Wildman–Crippen MR) is 75.9 cm³/mol. The van der Waals surface area contributed by atoms with Gasteiger partial charge in [0.2, 0.25) is 0 Å². The molecule has 1 aliphatic rings. The van der Waals surface area contributed by atoms with Crippen LogP contribution in [0.5, 0.6) is 0 Å². The second-order valence-corrected chi connectivity index (χ2v) is 5.02. The lowest BCUT2D eigenvalue weighted by Crippen LogP contribution is -2.42. The normalized spacial score (nSPS) is 19.7. The molecule has 1 unspecified atom stereocenters. The van der Waals surface area contributed by atoms with Crippen LogP contribution in [0.4, 0.5) is 5.69 Å². The van der Waals surface area contributed by atoms with Crippen LogP contribution in [0, 0.1) is 5.92 Å². The van der Waals surface area contributed by atoms with Gasteiger partial charge in [0.15, 0.2) is 6.23 Å². The second-order valence-electron chi connectivity index (χ2n) is 5.02. The minimum atomic E-state index is -0.611. The Balaban J connectivity index is 2.11. The van der Waals surface area contributed by atoms with Crippen molar-refractivity contribution in [2.45, 2.75) is 19.1 Å². The summed E-state index contributed by atoms with van der Waals surface area (Å²) in [6.45, 7) is 2.04. The van der Waals surface area contributed by atoms with Crippen LogP contribution in [0.15, 0.2) is 40.7 Å². The highest BCUT2D eigenvalue weighted by atomic mass is 16.3. The Bertz CT molecular complexity index is 401. The molecule has 0 aliphatic carbocycles. The van der Waals surface area contributed by atoms with E-state index in [1.807, 2.05) is 30.3 Å². The number of likely N-dealkylation sites (tertiary alicyclic amines) is 1. The Hall–Kier alpha value is -1.46. The number of hydrogen-bond donors (Lipinski definition) is 1. The highest BCUT2D eigenvalue weighted by Crippen LogP contribution is 2.26. The predicted octanol–water partition coefficient (Wildman–Crippen LogP) is 2.15. The SMILES string of the molecule is CN=NN(c1ccccc1)C(O)C1CCN(C)CC1. The molecule has 0 amide bonds. The van der Waals surface area contributed by atoms with E-state index >= 15 is 0 Å². The molecule has 1 N–H and O–H groups in total. The Labute approximate surface area is 114 Å². The molecule has 1 fully saturated rings. The number of benzene rings is 1. The standard InChI is InChI=1S/C14H22N4O/c1-15-16-18(13-6-4-3-5-7-13)14(19)12-8-10-17(2)11-9-12/h3-7,12,14,19H,8-11H2,1-2H3. The Kier molecular flexibility index (Phi) is 4.87. The molecule has 1 aliphatic heterocycles. The summed E-state index contributed by atoms with van der Waals surface area (Å²) in [5.41, 5.74) is 0.875. The molecule has 5 heteroatoms. The molecule has 1 heterocycles. The van der Waals surface area contributed by atoms with Crippen LogP contribution >= 0.6 is 0 Å². The van der Waals surface area contributed by atoms with E-state index in [1.54, 1.807) is 12.1 Å². The van der Waals surface area contributed by atoms with Gasteiger partial charge in [-0.25, -0.2) is 5.01 Å². The molecule has 104 valence electrons. The maximum Gasteiger partial charge on any atom is 0.152 e. The van der Waals surface area contributed by atoms with E-state index in [-0.39, 0.29) is 5.92 Å². The summed E-state index contributed by atoms with van der Waals surface area (Å²) in [6, 6.07) is 9.70. The van der Waals surface area contributed by atoms with Gasteiger partial charge in [-0.05, 0) is 45.1 Å². The number of piperidine rings is 1. The van der Waals surface area contributed by atoms with Crippen molar-refractivity contribution in [2.75, 3.05) is 32.2 Å². The van der Waals surface area contributed by atoms with Gasteiger partial charge in [0.1, 0.15) is 0 Å². The topological polar surface area (TPSA) is 51.4 Å². The van der Waals surface area contributed by atoms with E-state index in [0.29, 0.717) is 0 Å². The molecule has 0 spiro atoms. The molecule has 1 aromatic rings. The highest BCUT2D eigenvalue weighted by Gasteiger charge is 2.28. The van der Waals surface area contributed by atoms with Crippen molar-refractivity contribution in [1.82, 2.24) is 4.90 Å². The molecule has 1 saturated heterocycles. The van der Waals surface area contributed by atoms with Crippen LogP contribution in [0.2, 0.25) is 0 Å². The fraction of sp³-hybridized carbons (Fsp3) is 0.571. The van der Waals surface area contributed by atoms with E-state index < -0.39 is 6.23 Å². The van der Waals surface area contributed by atoms with E-state index in [0.717, 1.165) is 31.6 Å². The molecule has 19 heavy (non-hydrogen) atoms. The van der Waals surface area contributed by atoms with Crippen molar-refractivity contribution in [1.29, 1.82) is 0 Å². The zero-order valence-corrected chi connectivity index (χ0v) is 11.6. The van der Waals surface area contributed by atoms with Gasteiger partial charge in [0.25, 0.3) is 0 Å². The van der Waals surface area contributed by atoms with Crippen molar-refractivity contribution < 1.29 is 5.11 Å². The summed E-state index contributed by atoms with van der Waals surface area (Å²) < 4.78 is 0. The smallest absolute Gasteiger partial charge is 0.152 e. The summed E-state index contributed by atoms with van der Waals surface area (Å²) in [7, 11) is 3.74. The van der Waals surface area contributed by atoms with Gasteiger partial charge in [-0.2, -0.15) is 5.11 Å². The number of para-hydroxylation sites is 1. The van der Waals surface area contributed by atoms with E-state index in [4.69, 9.17) is 0 Å². The second kappa shape index (κ2) is 6.63. The molecule has 1 atom stereocenters. The van der Waals surface area contributed by atoms with Gasteiger partial charge >= 0.3 is 0 Å². The fourth-order valence-corrected chi connectivity index (χ4v) is 2.46. The summed E-state index contributed by atoms with van der Waals surface area (Å²) in [5.74, 6) is 0.238. The average molecular weight is 262 g/mol. The highest BCUT2D eigenvalue weighted by molar-refractivity contribution is 5.45.